The summed E-state index contributed by atoms with van der Waals surface area (Å²) in [5, 5.41) is 4.31. The number of benzene rings is 2. The zero-order valence-electron chi connectivity index (χ0n) is 11.8. The number of anilines is 1. The summed E-state index contributed by atoms with van der Waals surface area (Å²) in [5.41, 5.74) is 2.01. The summed E-state index contributed by atoms with van der Waals surface area (Å²) in [4.78, 5) is 16.6. The van der Waals surface area contributed by atoms with Gasteiger partial charge in [-0.1, -0.05) is 11.6 Å². The van der Waals surface area contributed by atoms with Crippen LogP contribution in [0.15, 0.2) is 54.7 Å². The van der Waals surface area contributed by atoms with Gasteiger partial charge in [-0.25, -0.2) is 0 Å². The van der Waals surface area contributed by atoms with E-state index in [1.807, 2.05) is 18.2 Å². The molecule has 1 heterocycles. The van der Waals surface area contributed by atoms with Crippen molar-refractivity contribution in [2.45, 2.75) is 0 Å². The van der Waals surface area contributed by atoms with Crippen LogP contribution in [0.4, 0.5) is 5.69 Å². The Hall–Kier alpha value is -2.59. The fourth-order valence-corrected chi connectivity index (χ4v) is 2.28. The van der Waals surface area contributed by atoms with Crippen LogP contribution in [0.5, 0.6) is 5.75 Å². The number of ether oxygens (including phenoxy) is 1. The zero-order chi connectivity index (χ0) is 15.5. The first kappa shape index (κ1) is 14.4. The monoisotopic (exact) mass is 312 g/mol. The Morgan fingerprint density at radius 3 is 2.64 bits per heavy atom. The van der Waals surface area contributed by atoms with Crippen LogP contribution >= 0.6 is 11.6 Å². The van der Waals surface area contributed by atoms with E-state index in [4.69, 9.17) is 16.3 Å². The number of rotatable bonds is 3. The van der Waals surface area contributed by atoms with Crippen molar-refractivity contribution in [2.24, 2.45) is 0 Å². The van der Waals surface area contributed by atoms with E-state index in [0.29, 0.717) is 22.0 Å². The minimum absolute atomic E-state index is 0.202. The maximum atomic E-state index is 12.3. The number of nitrogens with one attached hydrogen (secondary N) is 1. The lowest BCUT2D eigenvalue weighted by Gasteiger charge is -2.09. The number of hydrogen-bond donors (Lipinski definition) is 1. The second-order valence-electron chi connectivity index (χ2n) is 4.70. The Labute approximate surface area is 132 Å². The number of carbonyl (C=O) groups is 1. The van der Waals surface area contributed by atoms with E-state index in [-0.39, 0.29) is 5.91 Å². The number of carbonyl (C=O) groups excluding carboxylic acids is 1. The van der Waals surface area contributed by atoms with E-state index in [2.05, 4.69) is 10.3 Å². The van der Waals surface area contributed by atoms with Crippen LogP contribution in [0, 0.1) is 0 Å². The molecule has 2 aromatic carbocycles. The molecule has 0 saturated heterocycles. The molecule has 0 bridgehead atoms. The molecule has 3 aromatic rings. The van der Waals surface area contributed by atoms with Gasteiger partial charge in [0, 0.05) is 22.2 Å². The standard InChI is InChI=1S/C17H13ClN2O2/c1-22-13-6-7-15-14(10-13)16(8-9-19-15)20-17(21)11-2-4-12(18)5-3-11/h2-10H,1H3,(H,19,20,21). The van der Waals surface area contributed by atoms with Crippen LogP contribution in [0.25, 0.3) is 10.9 Å². The highest BCUT2D eigenvalue weighted by Gasteiger charge is 2.09. The van der Waals surface area contributed by atoms with Gasteiger partial charge < -0.3 is 10.1 Å². The average Bonchev–Trinajstić information content (AvgIpc) is 2.55. The molecule has 22 heavy (non-hydrogen) atoms. The summed E-state index contributed by atoms with van der Waals surface area (Å²) in [7, 11) is 1.60. The first-order chi connectivity index (χ1) is 10.7. The molecule has 0 aliphatic heterocycles. The summed E-state index contributed by atoms with van der Waals surface area (Å²) in [6, 6.07) is 14.0. The summed E-state index contributed by atoms with van der Waals surface area (Å²) in [6.45, 7) is 0. The topological polar surface area (TPSA) is 51.2 Å². The third kappa shape index (κ3) is 2.87. The second-order valence-corrected chi connectivity index (χ2v) is 5.14. The predicted molar refractivity (Wildman–Crippen MR) is 87.7 cm³/mol. The number of pyridine rings is 1. The van der Waals surface area contributed by atoms with Crippen LogP contribution in [0.2, 0.25) is 5.02 Å². The first-order valence-electron chi connectivity index (χ1n) is 6.67. The van der Waals surface area contributed by atoms with Gasteiger partial charge in [0.1, 0.15) is 5.75 Å². The molecule has 0 spiro atoms. The average molecular weight is 313 g/mol. The van der Waals surface area contributed by atoms with Gasteiger partial charge in [0.25, 0.3) is 5.91 Å². The maximum Gasteiger partial charge on any atom is 0.255 e. The minimum atomic E-state index is -0.202. The summed E-state index contributed by atoms with van der Waals surface area (Å²) in [5.74, 6) is 0.509. The van der Waals surface area contributed by atoms with E-state index in [1.165, 1.54) is 0 Å². The number of hydrogen-bond acceptors (Lipinski definition) is 3. The van der Waals surface area contributed by atoms with E-state index in [9.17, 15) is 4.79 Å². The van der Waals surface area contributed by atoms with E-state index >= 15 is 0 Å². The van der Waals surface area contributed by atoms with Crippen molar-refractivity contribution < 1.29 is 9.53 Å². The van der Waals surface area contributed by atoms with Crippen molar-refractivity contribution >= 4 is 34.1 Å². The minimum Gasteiger partial charge on any atom is -0.497 e. The Morgan fingerprint density at radius 1 is 1.14 bits per heavy atom. The van der Waals surface area contributed by atoms with Gasteiger partial charge in [-0.15, -0.1) is 0 Å². The number of halogens is 1. The van der Waals surface area contributed by atoms with Gasteiger partial charge in [-0.05, 0) is 48.5 Å². The Bertz CT molecular complexity index is 832. The molecule has 0 radical (unpaired) electrons. The van der Waals surface area contributed by atoms with Crippen molar-refractivity contribution in [3.05, 3.63) is 65.3 Å². The SMILES string of the molecule is COc1ccc2nccc(NC(=O)c3ccc(Cl)cc3)c2c1. The molecule has 1 aromatic heterocycles. The van der Waals surface area contributed by atoms with Gasteiger partial charge in [-0.2, -0.15) is 0 Å². The van der Waals surface area contributed by atoms with Crippen molar-refractivity contribution in [2.75, 3.05) is 12.4 Å². The Morgan fingerprint density at radius 2 is 1.91 bits per heavy atom. The van der Waals surface area contributed by atoms with Crippen LogP contribution in [-0.4, -0.2) is 18.0 Å². The molecule has 0 aliphatic carbocycles. The Kier molecular flexibility index (Phi) is 3.94. The highest BCUT2D eigenvalue weighted by molar-refractivity contribution is 6.30. The molecule has 0 atom stereocenters. The number of fused-ring (bicyclic) bond motifs is 1. The third-order valence-corrected chi connectivity index (χ3v) is 3.56. The van der Waals surface area contributed by atoms with Gasteiger partial charge in [0.05, 0.1) is 18.3 Å². The summed E-state index contributed by atoms with van der Waals surface area (Å²) in [6.07, 6.45) is 1.66. The summed E-state index contributed by atoms with van der Waals surface area (Å²) < 4.78 is 5.22. The zero-order valence-corrected chi connectivity index (χ0v) is 12.6. The number of amides is 1. The third-order valence-electron chi connectivity index (χ3n) is 3.30. The van der Waals surface area contributed by atoms with E-state index in [0.717, 1.165) is 10.9 Å². The van der Waals surface area contributed by atoms with E-state index in [1.54, 1.807) is 43.6 Å². The normalized spacial score (nSPS) is 10.5. The number of nitrogens with zero attached hydrogens (tertiary/aromatic N) is 1. The van der Waals surface area contributed by atoms with Gasteiger partial charge >= 0.3 is 0 Å². The molecule has 4 nitrogen and oxygen atoms in total. The molecule has 1 amide bonds. The first-order valence-corrected chi connectivity index (χ1v) is 7.05. The summed E-state index contributed by atoms with van der Waals surface area (Å²) >= 11 is 5.83. The highest BCUT2D eigenvalue weighted by Crippen LogP contribution is 2.26. The van der Waals surface area contributed by atoms with Crippen LogP contribution in [0.3, 0.4) is 0 Å². The van der Waals surface area contributed by atoms with Crippen molar-refractivity contribution in [3.63, 3.8) is 0 Å². The molecule has 0 aliphatic rings. The highest BCUT2D eigenvalue weighted by atomic mass is 35.5. The number of methoxy groups -OCH3 is 1. The molecule has 0 saturated carbocycles. The molecule has 110 valence electrons. The van der Waals surface area contributed by atoms with Gasteiger partial charge in [0.15, 0.2) is 0 Å². The van der Waals surface area contributed by atoms with Crippen LogP contribution < -0.4 is 10.1 Å². The van der Waals surface area contributed by atoms with Gasteiger partial charge in [0.2, 0.25) is 0 Å². The lowest BCUT2D eigenvalue weighted by Crippen LogP contribution is -2.12. The fraction of sp³-hybridized carbons (Fsp3) is 0.0588. The van der Waals surface area contributed by atoms with Crippen molar-refractivity contribution in [1.29, 1.82) is 0 Å². The molecule has 0 fully saturated rings. The molecule has 3 rings (SSSR count). The van der Waals surface area contributed by atoms with Crippen LogP contribution in [-0.2, 0) is 0 Å². The lowest BCUT2D eigenvalue weighted by atomic mass is 10.1. The lowest BCUT2D eigenvalue weighted by molar-refractivity contribution is 0.102. The Balaban J connectivity index is 1.96. The maximum absolute atomic E-state index is 12.3. The molecule has 0 unspecified atom stereocenters. The molecular weight excluding hydrogens is 300 g/mol. The van der Waals surface area contributed by atoms with Gasteiger partial charge in [-0.3, -0.25) is 9.78 Å². The van der Waals surface area contributed by atoms with Crippen LogP contribution in [0.1, 0.15) is 10.4 Å². The fourth-order valence-electron chi connectivity index (χ4n) is 2.16. The predicted octanol–water partition coefficient (Wildman–Crippen LogP) is 4.15. The molecule has 5 heteroatoms. The second kappa shape index (κ2) is 6.03. The smallest absolute Gasteiger partial charge is 0.255 e. The molecular formula is C17H13ClN2O2. The largest absolute Gasteiger partial charge is 0.497 e. The molecule has 1 N–H and O–H groups in total. The van der Waals surface area contributed by atoms with Crippen molar-refractivity contribution in [1.82, 2.24) is 4.98 Å². The number of aromatic nitrogens is 1. The van der Waals surface area contributed by atoms with Crippen molar-refractivity contribution in [3.8, 4) is 5.75 Å². The quantitative estimate of drug-likeness (QED) is 0.790. The van der Waals surface area contributed by atoms with E-state index < -0.39 is 0 Å².